The van der Waals surface area contributed by atoms with Gasteiger partial charge >= 0.3 is 18.2 Å². The van der Waals surface area contributed by atoms with E-state index in [0.29, 0.717) is 11.3 Å². The molecule has 2 aromatic rings. The second-order valence-electron chi connectivity index (χ2n) is 6.13. The number of oxazole rings is 1. The molecule has 0 bridgehead atoms. The fourth-order valence-corrected chi connectivity index (χ4v) is 1.92. The number of hydrogen-bond donors (Lipinski definition) is 1. The highest BCUT2D eigenvalue weighted by Crippen LogP contribution is 2.33. The van der Waals surface area contributed by atoms with E-state index >= 15 is 0 Å². The molecular weight excluding hydrogens is 325 g/mol. The largest absolute Gasteiger partial charge is 0.468 e. The molecule has 0 radical (unpaired) electrons. The monoisotopic (exact) mass is 342 g/mol. The first-order valence-electron chi connectivity index (χ1n) is 7.11. The molecule has 0 aliphatic heterocycles. The number of rotatable bonds is 2. The van der Waals surface area contributed by atoms with Gasteiger partial charge in [-0.25, -0.2) is 9.78 Å². The van der Waals surface area contributed by atoms with Gasteiger partial charge in [0.05, 0.1) is 0 Å². The van der Waals surface area contributed by atoms with Gasteiger partial charge in [0.25, 0.3) is 0 Å². The second-order valence-corrected chi connectivity index (χ2v) is 6.13. The predicted molar refractivity (Wildman–Crippen MR) is 81.5 cm³/mol. The lowest BCUT2D eigenvalue weighted by Gasteiger charge is -2.19. The average Bonchev–Trinajstić information content (AvgIpc) is 2.79. The van der Waals surface area contributed by atoms with Gasteiger partial charge in [0.2, 0.25) is 0 Å². The number of aromatic nitrogens is 1. The molecule has 0 fully saturated rings. The van der Waals surface area contributed by atoms with Gasteiger partial charge in [-0.3, -0.25) is 5.32 Å². The summed E-state index contributed by atoms with van der Waals surface area (Å²) < 4.78 is 47.6. The van der Waals surface area contributed by atoms with Gasteiger partial charge in [-0.05, 0) is 39.8 Å². The molecule has 0 saturated carbocycles. The molecule has 1 heterocycles. The SMILES string of the molecule is Cc1oc(C(F)(F)F)nc1-c1ccc(NC(=O)OC(C)(C)C)cc1. The molecule has 0 unspecified atom stereocenters. The van der Waals surface area contributed by atoms with E-state index in [4.69, 9.17) is 4.74 Å². The Balaban J connectivity index is 2.15. The summed E-state index contributed by atoms with van der Waals surface area (Å²) in [4.78, 5) is 15.2. The zero-order chi connectivity index (χ0) is 18.1. The lowest BCUT2D eigenvalue weighted by atomic mass is 10.1. The summed E-state index contributed by atoms with van der Waals surface area (Å²) in [5.74, 6) is -1.22. The number of benzene rings is 1. The molecule has 5 nitrogen and oxygen atoms in total. The summed E-state index contributed by atoms with van der Waals surface area (Å²) in [6.07, 6.45) is -5.26. The topological polar surface area (TPSA) is 64.4 Å². The fraction of sp³-hybridized carbons (Fsp3) is 0.375. The van der Waals surface area contributed by atoms with Crippen molar-refractivity contribution in [3.63, 3.8) is 0 Å². The Kier molecular flexibility index (Phi) is 4.59. The number of ether oxygens (including phenoxy) is 1. The van der Waals surface area contributed by atoms with Crippen molar-refractivity contribution in [2.45, 2.75) is 39.5 Å². The maximum absolute atomic E-state index is 12.6. The number of carbonyl (C=O) groups is 1. The highest BCUT2D eigenvalue weighted by Gasteiger charge is 2.38. The molecule has 8 heteroatoms. The van der Waals surface area contributed by atoms with Crippen molar-refractivity contribution in [2.24, 2.45) is 0 Å². The molecule has 1 N–H and O–H groups in total. The summed E-state index contributed by atoms with van der Waals surface area (Å²) in [6.45, 7) is 6.62. The molecule has 1 aromatic heterocycles. The van der Waals surface area contributed by atoms with Crippen LogP contribution in [0.1, 0.15) is 32.4 Å². The molecular formula is C16H17F3N2O3. The number of alkyl halides is 3. The zero-order valence-electron chi connectivity index (χ0n) is 13.6. The van der Waals surface area contributed by atoms with E-state index in [1.807, 2.05) is 0 Å². The van der Waals surface area contributed by atoms with E-state index in [-0.39, 0.29) is 11.5 Å². The average molecular weight is 342 g/mol. The number of nitrogens with one attached hydrogen (secondary N) is 1. The molecule has 24 heavy (non-hydrogen) atoms. The van der Waals surface area contributed by atoms with Gasteiger partial charge in [-0.1, -0.05) is 12.1 Å². The summed E-state index contributed by atoms with van der Waals surface area (Å²) in [5, 5.41) is 2.54. The van der Waals surface area contributed by atoms with E-state index in [9.17, 15) is 18.0 Å². The Hall–Kier alpha value is -2.51. The third-order valence-corrected chi connectivity index (χ3v) is 2.84. The Morgan fingerprint density at radius 2 is 1.75 bits per heavy atom. The number of amides is 1. The van der Waals surface area contributed by atoms with Crippen LogP contribution in [0.3, 0.4) is 0 Å². The van der Waals surface area contributed by atoms with Gasteiger partial charge in [-0.2, -0.15) is 13.2 Å². The van der Waals surface area contributed by atoms with E-state index < -0.39 is 23.8 Å². The van der Waals surface area contributed by atoms with Crippen LogP contribution < -0.4 is 5.32 Å². The first-order chi connectivity index (χ1) is 11.0. The van der Waals surface area contributed by atoms with E-state index in [1.54, 1.807) is 32.9 Å². The number of aryl methyl sites for hydroxylation is 1. The minimum Gasteiger partial charge on any atom is -0.444 e. The highest BCUT2D eigenvalue weighted by atomic mass is 19.4. The van der Waals surface area contributed by atoms with Gasteiger partial charge in [0, 0.05) is 11.3 Å². The molecule has 0 aliphatic rings. The minimum absolute atomic E-state index is 0.0650. The van der Waals surface area contributed by atoms with Crippen molar-refractivity contribution in [1.82, 2.24) is 4.98 Å². The van der Waals surface area contributed by atoms with Crippen LogP contribution in [0, 0.1) is 6.92 Å². The van der Waals surface area contributed by atoms with E-state index in [0.717, 1.165) is 0 Å². The number of hydrogen-bond acceptors (Lipinski definition) is 4. The van der Waals surface area contributed by atoms with Crippen LogP contribution in [-0.2, 0) is 10.9 Å². The predicted octanol–water partition coefficient (Wildman–Crippen LogP) is 5.02. The van der Waals surface area contributed by atoms with Crippen LogP contribution in [0.2, 0.25) is 0 Å². The Morgan fingerprint density at radius 1 is 1.17 bits per heavy atom. The van der Waals surface area contributed by atoms with Crippen molar-refractivity contribution in [3.05, 3.63) is 35.9 Å². The fourth-order valence-electron chi connectivity index (χ4n) is 1.92. The third kappa shape index (κ3) is 4.50. The molecule has 2 rings (SSSR count). The summed E-state index contributed by atoms with van der Waals surface area (Å²) in [7, 11) is 0. The Morgan fingerprint density at radius 3 is 2.21 bits per heavy atom. The van der Waals surface area contributed by atoms with Gasteiger partial charge in [0.15, 0.2) is 0 Å². The number of anilines is 1. The smallest absolute Gasteiger partial charge is 0.444 e. The molecule has 0 atom stereocenters. The Labute approximate surface area is 136 Å². The minimum atomic E-state index is -4.64. The normalized spacial score (nSPS) is 12.1. The van der Waals surface area contributed by atoms with Crippen molar-refractivity contribution < 1.29 is 27.1 Å². The lowest BCUT2D eigenvalue weighted by molar-refractivity contribution is -0.157. The maximum Gasteiger partial charge on any atom is 0.468 e. The van der Waals surface area contributed by atoms with Crippen LogP contribution in [0.4, 0.5) is 23.7 Å². The van der Waals surface area contributed by atoms with Crippen LogP contribution in [-0.4, -0.2) is 16.7 Å². The molecule has 130 valence electrons. The standard InChI is InChI=1S/C16H17F3N2O3/c1-9-12(21-13(23-9)16(17,18)19)10-5-7-11(8-6-10)20-14(22)24-15(2,3)4/h5-8H,1-4H3,(H,20,22). The third-order valence-electron chi connectivity index (χ3n) is 2.84. The quantitative estimate of drug-likeness (QED) is 0.833. The first-order valence-corrected chi connectivity index (χ1v) is 7.11. The van der Waals surface area contributed by atoms with Crippen molar-refractivity contribution in [1.29, 1.82) is 0 Å². The highest BCUT2D eigenvalue weighted by molar-refractivity contribution is 5.85. The molecule has 0 aliphatic carbocycles. The number of nitrogens with zero attached hydrogens (tertiary/aromatic N) is 1. The van der Waals surface area contributed by atoms with Crippen LogP contribution >= 0.6 is 0 Å². The van der Waals surface area contributed by atoms with E-state index in [1.165, 1.54) is 19.1 Å². The summed E-state index contributed by atoms with van der Waals surface area (Å²) >= 11 is 0. The second kappa shape index (κ2) is 6.18. The van der Waals surface area contributed by atoms with Crippen molar-refractivity contribution in [2.75, 3.05) is 5.32 Å². The van der Waals surface area contributed by atoms with E-state index in [2.05, 4.69) is 14.7 Å². The molecule has 1 amide bonds. The maximum atomic E-state index is 12.6. The van der Waals surface area contributed by atoms with Gasteiger partial charge < -0.3 is 9.15 Å². The zero-order valence-corrected chi connectivity index (χ0v) is 13.6. The molecule has 0 saturated heterocycles. The van der Waals surface area contributed by atoms with Gasteiger partial charge in [-0.15, -0.1) is 0 Å². The van der Waals surface area contributed by atoms with Gasteiger partial charge in [0.1, 0.15) is 17.1 Å². The van der Waals surface area contributed by atoms with Crippen LogP contribution in [0.15, 0.2) is 28.7 Å². The molecule has 1 aromatic carbocycles. The summed E-state index contributed by atoms with van der Waals surface area (Å²) in [5.41, 5.74) is 0.369. The lowest BCUT2D eigenvalue weighted by Crippen LogP contribution is -2.27. The summed E-state index contributed by atoms with van der Waals surface area (Å²) in [6, 6.07) is 6.16. The molecule has 0 spiro atoms. The number of halogens is 3. The van der Waals surface area contributed by atoms with Crippen molar-refractivity contribution in [3.8, 4) is 11.3 Å². The Bertz CT molecular complexity index is 729. The number of carbonyl (C=O) groups excluding carboxylic acids is 1. The van der Waals surface area contributed by atoms with Crippen LogP contribution in [0.5, 0.6) is 0 Å². The first kappa shape index (κ1) is 17.8. The van der Waals surface area contributed by atoms with Crippen LogP contribution in [0.25, 0.3) is 11.3 Å². The van der Waals surface area contributed by atoms with Crippen molar-refractivity contribution >= 4 is 11.8 Å².